The van der Waals surface area contributed by atoms with Crippen molar-refractivity contribution < 1.29 is 4.79 Å². The molecule has 0 radical (unpaired) electrons. The highest BCUT2D eigenvalue weighted by atomic mass is 16.2. The Balaban J connectivity index is 1.72. The monoisotopic (exact) mass is 338 g/mol. The van der Waals surface area contributed by atoms with Gasteiger partial charge in [0.2, 0.25) is 5.91 Å². The van der Waals surface area contributed by atoms with Crippen molar-refractivity contribution in [2.45, 2.75) is 39.3 Å². The first kappa shape index (κ1) is 16.9. The molecule has 0 aliphatic heterocycles. The molecule has 7 nitrogen and oxygen atoms in total. The lowest BCUT2D eigenvalue weighted by atomic mass is 10.1. The lowest BCUT2D eigenvalue weighted by Crippen LogP contribution is -2.31. The Morgan fingerprint density at radius 3 is 2.76 bits per heavy atom. The van der Waals surface area contributed by atoms with Gasteiger partial charge in [-0.1, -0.05) is 32.0 Å². The molecule has 3 rings (SSSR count). The fourth-order valence-electron chi connectivity index (χ4n) is 2.77. The Labute approximate surface area is 146 Å². The number of amides is 1. The lowest BCUT2D eigenvalue weighted by molar-refractivity contribution is -0.124. The highest BCUT2D eigenvalue weighted by Gasteiger charge is 2.19. The van der Waals surface area contributed by atoms with Gasteiger partial charge in [0.1, 0.15) is 24.5 Å². The van der Waals surface area contributed by atoms with Crippen LogP contribution in [0.1, 0.15) is 44.1 Å². The van der Waals surface area contributed by atoms with E-state index in [1.54, 1.807) is 17.2 Å². The summed E-state index contributed by atoms with van der Waals surface area (Å²) in [6, 6.07) is 7.48. The number of hydrogen-bond donors (Lipinski definition) is 1. The first-order chi connectivity index (χ1) is 12.1. The maximum Gasteiger partial charge on any atom is 0.243 e. The summed E-state index contributed by atoms with van der Waals surface area (Å²) in [5, 5.41) is 7.17. The van der Waals surface area contributed by atoms with Gasteiger partial charge in [0.25, 0.3) is 0 Å². The van der Waals surface area contributed by atoms with Crippen molar-refractivity contribution >= 4 is 5.91 Å². The van der Waals surface area contributed by atoms with E-state index in [9.17, 15) is 4.79 Å². The van der Waals surface area contributed by atoms with Gasteiger partial charge >= 0.3 is 0 Å². The second-order valence-electron chi connectivity index (χ2n) is 6.21. The molecule has 0 aliphatic rings. The molecule has 2 aromatic heterocycles. The maximum atomic E-state index is 12.6. The number of carbonyl (C=O) groups is 1. The zero-order valence-corrected chi connectivity index (χ0v) is 14.6. The number of benzene rings is 1. The third-order valence-corrected chi connectivity index (χ3v) is 4.12. The quantitative estimate of drug-likeness (QED) is 0.749. The normalized spacial score (nSPS) is 12.3. The molecule has 3 aromatic rings. The second-order valence-corrected chi connectivity index (χ2v) is 6.21. The molecule has 130 valence electrons. The number of nitrogens with one attached hydrogen (secondary N) is 1. The number of aromatic nitrogens is 5. The SMILES string of the molecule is CC(C)c1nccn1[C@@H](C)C(=O)NCc1ccccc1-n1cncn1. The number of para-hydroxylation sites is 1. The summed E-state index contributed by atoms with van der Waals surface area (Å²) in [6.45, 7) is 6.44. The molecule has 0 fully saturated rings. The van der Waals surface area contributed by atoms with Crippen molar-refractivity contribution in [1.29, 1.82) is 0 Å². The van der Waals surface area contributed by atoms with Crippen molar-refractivity contribution in [1.82, 2.24) is 29.6 Å². The van der Waals surface area contributed by atoms with Crippen molar-refractivity contribution in [2.24, 2.45) is 0 Å². The van der Waals surface area contributed by atoms with Crippen molar-refractivity contribution in [3.63, 3.8) is 0 Å². The van der Waals surface area contributed by atoms with E-state index in [4.69, 9.17) is 0 Å². The Kier molecular flexibility index (Phi) is 4.92. The molecule has 0 unspecified atom stereocenters. The van der Waals surface area contributed by atoms with Crippen LogP contribution in [0.5, 0.6) is 0 Å². The fourth-order valence-corrected chi connectivity index (χ4v) is 2.77. The highest BCUT2D eigenvalue weighted by molar-refractivity contribution is 5.80. The van der Waals surface area contributed by atoms with E-state index in [1.165, 1.54) is 6.33 Å². The number of hydrogen-bond acceptors (Lipinski definition) is 4. The fraction of sp³-hybridized carbons (Fsp3) is 0.333. The third kappa shape index (κ3) is 3.60. The number of carbonyl (C=O) groups excluding carboxylic acids is 1. The minimum atomic E-state index is -0.321. The van der Waals surface area contributed by atoms with Gasteiger partial charge < -0.3 is 9.88 Å². The molecule has 2 heterocycles. The number of rotatable bonds is 6. The second kappa shape index (κ2) is 7.29. The van der Waals surface area contributed by atoms with Gasteiger partial charge in [-0.15, -0.1) is 0 Å². The molecule has 0 saturated carbocycles. The van der Waals surface area contributed by atoms with Crippen molar-refractivity contribution in [2.75, 3.05) is 0 Å². The van der Waals surface area contributed by atoms with Crippen molar-refractivity contribution in [3.8, 4) is 5.69 Å². The maximum absolute atomic E-state index is 12.6. The summed E-state index contributed by atoms with van der Waals surface area (Å²) in [4.78, 5) is 20.9. The number of imidazole rings is 1. The summed E-state index contributed by atoms with van der Waals surface area (Å²) in [6.07, 6.45) is 6.72. The topological polar surface area (TPSA) is 77.6 Å². The number of nitrogens with zero attached hydrogens (tertiary/aromatic N) is 5. The summed E-state index contributed by atoms with van der Waals surface area (Å²) in [5.74, 6) is 1.12. The minimum Gasteiger partial charge on any atom is -0.350 e. The molecule has 0 aliphatic carbocycles. The van der Waals surface area contributed by atoms with E-state index in [0.29, 0.717) is 6.54 Å². The molecule has 0 saturated heterocycles. The minimum absolute atomic E-state index is 0.0479. The van der Waals surface area contributed by atoms with Gasteiger partial charge in [0.05, 0.1) is 5.69 Å². The van der Waals surface area contributed by atoms with Gasteiger partial charge in [-0.3, -0.25) is 4.79 Å². The van der Waals surface area contributed by atoms with Crippen LogP contribution in [0.25, 0.3) is 5.69 Å². The van der Waals surface area contributed by atoms with Crippen LogP contribution in [0.15, 0.2) is 49.3 Å². The zero-order chi connectivity index (χ0) is 17.8. The summed E-state index contributed by atoms with van der Waals surface area (Å²) >= 11 is 0. The molecule has 25 heavy (non-hydrogen) atoms. The molecule has 1 aromatic carbocycles. The van der Waals surface area contributed by atoms with Crippen LogP contribution in [0, 0.1) is 0 Å². The van der Waals surface area contributed by atoms with E-state index < -0.39 is 0 Å². The van der Waals surface area contributed by atoms with E-state index in [0.717, 1.165) is 17.1 Å². The van der Waals surface area contributed by atoms with Gasteiger partial charge in [-0.25, -0.2) is 14.6 Å². The summed E-state index contributed by atoms with van der Waals surface area (Å²) < 4.78 is 3.61. The largest absolute Gasteiger partial charge is 0.350 e. The predicted octanol–water partition coefficient (Wildman–Crippen LogP) is 2.46. The Morgan fingerprint density at radius 1 is 1.24 bits per heavy atom. The van der Waals surface area contributed by atoms with E-state index in [1.807, 2.05) is 42.0 Å². The van der Waals surface area contributed by atoms with Crippen molar-refractivity contribution in [3.05, 3.63) is 60.7 Å². The Hall–Kier alpha value is -2.96. The van der Waals surface area contributed by atoms with E-state index in [2.05, 4.69) is 34.2 Å². The predicted molar refractivity (Wildman–Crippen MR) is 94.2 cm³/mol. The smallest absolute Gasteiger partial charge is 0.243 e. The Morgan fingerprint density at radius 2 is 2.04 bits per heavy atom. The standard InChI is InChI=1S/C18H22N6O/c1-13(2)17-20-8-9-23(17)14(3)18(25)21-10-15-6-4-5-7-16(15)24-12-19-11-22-24/h4-9,11-14H,10H2,1-3H3,(H,21,25)/t14-/m0/s1. The van der Waals surface area contributed by atoms with Crippen LogP contribution in [0.2, 0.25) is 0 Å². The van der Waals surface area contributed by atoms with Crippen LogP contribution in [0.3, 0.4) is 0 Å². The average molecular weight is 338 g/mol. The third-order valence-electron chi connectivity index (χ3n) is 4.12. The van der Waals surface area contributed by atoms with E-state index in [-0.39, 0.29) is 17.9 Å². The molecular formula is C18H22N6O. The molecule has 1 amide bonds. The van der Waals surface area contributed by atoms with Gasteiger partial charge in [-0.05, 0) is 18.6 Å². The molecule has 7 heteroatoms. The molecular weight excluding hydrogens is 316 g/mol. The van der Waals surface area contributed by atoms with Gasteiger partial charge in [-0.2, -0.15) is 5.10 Å². The summed E-state index contributed by atoms with van der Waals surface area (Å²) in [5.41, 5.74) is 1.88. The Bertz CT molecular complexity index is 837. The zero-order valence-electron chi connectivity index (χ0n) is 14.6. The lowest BCUT2D eigenvalue weighted by Gasteiger charge is -2.18. The molecule has 0 spiro atoms. The first-order valence-electron chi connectivity index (χ1n) is 8.31. The van der Waals surface area contributed by atoms with Crippen LogP contribution in [0.4, 0.5) is 0 Å². The molecule has 0 bridgehead atoms. The van der Waals surface area contributed by atoms with E-state index >= 15 is 0 Å². The highest BCUT2D eigenvalue weighted by Crippen LogP contribution is 2.18. The van der Waals surface area contributed by atoms with Gasteiger partial charge in [0.15, 0.2) is 0 Å². The van der Waals surface area contributed by atoms with Crippen LogP contribution < -0.4 is 5.32 Å². The van der Waals surface area contributed by atoms with Gasteiger partial charge in [0, 0.05) is 24.9 Å². The average Bonchev–Trinajstić information content (AvgIpc) is 3.30. The molecule has 1 N–H and O–H groups in total. The molecule has 1 atom stereocenters. The first-order valence-corrected chi connectivity index (χ1v) is 8.31. The van der Waals surface area contributed by atoms with Crippen LogP contribution in [-0.4, -0.2) is 30.2 Å². The summed E-state index contributed by atoms with van der Waals surface area (Å²) in [7, 11) is 0. The van der Waals surface area contributed by atoms with Crippen LogP contribution in [-0.2, 0) is 11.3 Å². The van der Waals surface area contributed by atoms with Crippen LogP contribution >= 0.6 is 0 Å².